The predicted molar refractivity (Wildman–Crippen MR) is 146 cm³/mol. The third kappa shape index (κ3) is 5.40. The number of nitrogens with one attached hydrogen (secondary N) is 1. The third-order valence-corrected chi connectivity index (χ3v) is 8.60. The van der Waals surface area contributed by atoms with E-state index in [1.165, 1.54) is 23.7 Å². The number of hydrogen-bond acceptors (Lipinski definition) is 7. The van der Waals surface area contributed by atoms with E-state index in [-0.39, 0.29) is 17.7 Å². The first-order valence-electron chi connectivity index (χ1n) is 12.5. The maximum atomic E-state index is 14.8. The molecule has 0 saturated heterocycles. The van der Waals surface area contributed by atoms with Crippen LogP contribution in [0.25, 0.3) is 27.8 Å². The third-order valence-electron chi connectivity index (χ3n) is 6.84. The van der Waals surface area contributed by atoms with E-state index in [1.807, 2.05) is 0 Å². The van der Waals surface area contributed by atoms with E-state index in [0.29, 0.717) is 45.7 Å². The summed E-state index contributed by atoms with van der Waals surface area (Å²) in [5.74, 6) is -1.93. The molecule has 0 unspecified atom stereocenters. The van der Waals surface area contributed by atoms with Gasteiger partial charge in [0.05, 0.1) is 17.0 Å². The fourth-order valence-electron chi connectivity index (χ4n) is 4.68. The number of nitrogens with two attached hydrogens (primary N) is 1. The summed E-state index contributed by atoms with van der Waals surface area (Å²) in [6, 6.07) is 8.22. The Morgan fingerprint density at radius 3 is 2.61 bits per heavy atom. The number of imidazole rings is 1. The first kappa shape index (κ1) is 26.9. The topological polar surface area (TPSA) is 157 Å². The summed E-state index contributed by atoms with van der Waals surface area (Å²) >= 11 is 1.12. The zero-order chi connectivity index (χ0) is 28.9. The molecule has 210 valence electrons. The highest BCUT2D eigenvalue weighted by Crippen LogP contribution is 2.39. The maximum Gasteiger partial charge on any atom is 0.355 e. The van der Waals surface area contributed by atoms with Crippen LogP contribution >= 0.6 is 11.3 Å². The van der Waals surface area contributed by atoms with E-state index < -0.39 is 32.5 Å². The minimum absolute atomic E-state index is 0.122. The molecule has 1 aliphatic rings. The van der Waals surface area contributed by atoms with E-state index in [1.54, 1.807) is 23.0 Å². The number of benzene rings is 2. The summed E-state index contributed by atoms with van der Waals surface area (Å²) in [6.45, 7) is 0. The van der Waals surface area contributed by atoms with Gasteiger partial charge in [0.25, 0.3) is 0 Å². The number of nitrogens with zero attached hydrogens (tertiary/aromatic N) is 4. The highest BCUT2D eigenvalue weighted by molar-refractivity contribution is 7.89. The number of rotatable bonds is 9. The van der Waals surface area contributed by atoms with Gasteiger partial charge in [-0.05, 0) is 61.1 Å². The van der Waals surface area contributed by atoms with Crippen molar-refractivity contribution < 1.29 is 27.1 Å². The molecule has 3 aromatic heterocycles. The Bertz CT molecular complexity index is 1900. The molecule has 10 nitrogen and oxygen atoms in total. The molecule has 3 heterocycles. The van der Waals surface area contributed by atoms with Crippen LogP contribution in [0.2, 0.25) is 0 Å². The number of carboxylic acids is 1. The van der Waals surface area contributed by atoms with Gasteiger partial charge in [-0.1, -0.05) is 6.07 Å². The van der Waals surface area contributed by atoms with Crippen molar-refractivity contribution in [2.24, 2.45) is 11.1 Å². The van der Waals surface area contributed by atoms with Crippen molar-refractivity contribution in [1.29, 1.82) is 0 Å². The minimum atomic E-state index is -4.25. The number of halogens is 2. The van der Waals surface area contributed by atoms with Gasteiger partial charge in [-0.3, -0.25) is 0 Å². The van der Waals surface area contributed by atoms with Gasteiger partial charge in [0.1, 0.15) is 22.4 Å². The number of sulfonamides is 1. The second kappa shape index (κ2) is 10.3. The van der Waals surface area contributed by atoms with E-state index in [0.717, 1.165) is 42.0 Å². The smallest absolute Gasteiger partial charge is 0.355 e. The van der Waals surface area contributed by atoms with Crippen LogP contribution in [0.15, 0.2) is 59.1 Å². The first-order valence-corrected chi connectivity index (χ1v) is 14.9. The van der Waals surface area contributed by atoms with Crippen LogP contribution in [0.5, 0.6) is 0 Å². The molecule has 0 radical (unpaired) electrons. The molecule has 0 bridgehead atoms. The normalized spacial score (nSPS) is 13.5. The number of aromatic nitrogens is 5. The number of thiazole rings is 1. The Morgan fingerprint density at radius 1 is 1.17 bits per heavy atom. The lowest BCUT2D eigenvalue weighted by atomic mass is 9.96. The molecular weight excluding hydrogens is 574 g/mol. The summed E-state index contributed by atoms with van der Waals surface area (Å²) in [7, 11) is -4.25. The molecule has 4 N–H and O–H groups in total. The largest absolute Gasteiger partial charge is 0.476 e. The molecule has 2 aromatic carbocycles. The quantitative estimate of drug-likeness (QED) is 0.225. The van der Waals surface area contributed by atoms with Gasteiger partial charge in [-0.2, -0.15) is 5.10 Å². The van der Waals surface area contributed by atoms with E-state index in [2.05, 4.69) is 15.0 Å². The molecular formula is C27H22F2N6O4S2. The molecule has 6 rings (SSSR count). The van der Waals surface area contributed by atoms with Gasteiger partial charge >= 0.3 is 5.97 Å². The van der Waals surface area contributed by atoms with E-state index >= 15 is 0 Å². The number of carboxylic acid groups (broad SMARTS) is 1. The highest BCUT2D eigenvalue weighted by Gasteiger charge is 2.30. The monoisotopic (exact) mass is 596 g/mol. The Balaban J connectivity index is 1.54. The van der Waals surface area contributed by atoms with Gasteiger partial charge in [0.2, 0.25) is 15.2 Å². The average Bonchev–Trinajstić information content (AvgIpc) is 3.29. The van der Waals surface area contributed by atoms with Crippen molar-refractivity contribution in [2.45, 2.75) is 30.6 Å². The van der Waals surface area contributed by atoms with Gasteiger partial charge in [-0.25, -0.2) is 41.8 Å². The SMILES string of the molecule is NS(=O)(=O)c1ccc(Cc2c(-c3ccc(F)c(-c4ncc[nH]4)c3)nn(-c3nc(C(=O)O)cs3)c2CC2CC2)cc1F. The molecule has 0 atom stereocenters. The first-order chi connectivity index (χ1) is 19.6. The molecule has 0 amide bonds. The fraction of sp³-hybridized carbons (Fsp3) is 0.185. The molecule has 1 aliphatic carbocycles. The Labute approximate surface area is 236 Å². The lowest BCUT2D eigenvalue weighted by molar-refractivity contribution is 0.0691. The molecule has 41 heavy (non-hydrogen) atoms. The van der Waals surface area contributed by atoms with Gasteiger partial charge in [-0.15, -0.1) is 11.3 Å². The van der Waals surface area contributed by atoms with Crippen LogP contribution < -0.4 is 5.14 Å². The van der Waals surface area contributed by atoms with Crippen molar-refractivity contribution in [1.82, 2.24) is 24.7 Å². The minimum Gasteiger partial charge on any atom is -0.476 e. The van der Waals surface area contributed by atoms with Gasteiger partial charge in [0.15, 0.2) is 5.69 Å². The van der Waals surface area contributed by atoms with Crippen LogP contribution in [0.4, 0.5) is 8.78 Å². The van der Waals surface area contributed by atoms with Gasteiger partial charge in [0, 0.05) is 35.3 Å². The summed E-state index contributed by atoms with van der Waals surface area (Å²) in [6.07, 6.45) is 5.87. The Morgan fingerprint density at radius 2 is 1.98 bits per heavy atom. The summed E-state index contributed by atoms with van der Waals surface area (Å²) < 4.78 is 54.7. The molecule has 14 heteroatoms. The predicted octanol–water partition coefficient (Wildman–Crippen LogP) is 4.55. The second-order valence-electron chi connectivity index (χ2n) is 9.77. The van der Waals surface area contributed by atoms with Crippen LogP contribution in [0.3, 0.4) is 0 Å². The second-order valence-corrected chi connectivity index (χ2v) is 12.1. The van der Waals surface area contributed by atoms with Crippen LogP contribution in [-0.2, 0) is 22.9 Å². The number of H-pyrrole nitrogens is 1. The van der Waals surface area contributed by atoms with E-state index in [4.69, 9.17) is 10.2 Å². The standard InChI is InChI=1S/C27H22F2N6O4S2/c28-19-5-4-16(12-17(19)25-31-7-8-32-25)24-18(9-15-3-6-23(20(29)10-15)41(30,38)39)22(11-14-1-2-14)35(34-24)27-33-21(13-40-27)26(36)37/h3-8,10,12-14H,1-2,9,11H2,(H,31,32)(H,36,37)(H2,30,38,39). The highest BCUT2D eigenvalue weighted by atomic mass is 32.2. The molecule has 5 aromatic rings. The Kier molecular flexibility index (Phi) is 6.76. The van der Waals surface area contributed by atoms with Gasteiger partial charge < -0.3 is 10.1 Å². The Hall–Kier alpha value is -4.27. The zero-order valence-electron chi connectivity index (χ0n) is 21.2. The van der Waals surface area contributed by atoms with Crippen molar-refractivity contribution in [3.8, 4) is 27.8 Å². The lowest BCUT2D eigenvalue weighted by Gasteiger charge is -2.10. The number of aromatic amines is 1. The lowest BCUT2D eigenvalue weighted by Crippen LogP contribution is -2.14. The fourth-order valence-corrected chi connectivity index (χ4v) is 6.04. The molecule has 1 fully saturated rings. The number of carbonyl (C=O) groups is 1. The average molecular weight is 597 g/mol. The summed E-state index contributed by atoms with van der Waals surface area (Å²) in [4.78, 5) is 22.3. The van der Waals surface area contributed by atoms with E-state index in [9.17, 15) is 27.1 Å². The zero-order valence-corrected chi connectivity index (χ0v) is 22.8. The summed E-state index contributed by atoms with van der Waals surface area (Å²) in [5.41, 5.74) is 3.05. The number of hydrogen-bond donors (Lipinski definition) is 3. The molecule has 0 spiro atoms. The maximum absolute atomic E-state index is 14.8. The van der Waals surface area contributed by atoms with Crippen molar-refractivity contribution in [3.05, 3.63) is 88.3 Å². The molecule has 0 aliphatic heterocycles. The van der Waals surface area contributed by atoms with Crippen molar-refractivity contribution in [2.75, 3.05) is 0 Å². The number of primary sulfonamides is 1. The summed E-state index contributed by atoms with van der Waals surface area (Å²) in [5, 5.41) is 21.2. The van der Waals surface area contributed by atoms with Crippen molar-refractivity contribution >= 4 is 27.3 Å². The van der Waals surface area contributed by atoms with Crippen molar-refractivity contribution in [3.63, 3.8) is 0 Å². The number of aromatic carboxylic acids is 1. The van der Waals surface area contributed by atoms with Crippen LogP contribution in [0.1, 0.15) is 40.2 Å². The molecule has 1 saturated carbocycles. The van der Waals surface area contributed by atoms with Crippen LogP contribution in [0, 0.1) is 17.6 Å². The van der Waals surface area contributed by atoms with Crippen LogP contribution in [-0.4, -0.2) is 44.2 Å².